The predicted octanol–water partition coefficient (Wildman–Crippen LogP) is 2.26. The van der Waals surface area contributed by atoms with Crippen LogP contribution in [0.2, 0.25) is 0 Å². The van der Waals surface area contributed by atoms with E-state index in [-0.39, 0.29) is 30.3 Å². The molecule has 1 aromatic carbocycles. The Labute approximate surface area is 92.8 Å². The minimum Gasteiger partial charge on any atom is -0.487 e. The molecule has 2 rings (SSSR count). The Kier molecular flexibility index (Phi) is 3.88. The molecule has 2 N–H and O–H groups in total. The van der Waals surface area contributed by atoms with Crippen LogP contribution in [0.4, 0.5) is 8.78 Å². The second-order valence-electron chi connectivity index (χ2n) is 3.55. The van der Waals surface area contributed by atoms with Gasteiger partial charge in [-0.1, -0.05) is 0 Å². The Balaban J connectivity index is 0.00000112. The van der Waals surface area contributed by atoms with E-state index in [0.29, 0.717) is 0 Å². The fraction of sp³-hybridized carbons (Fsp3) is 0.400. The minimum atomic E-state index is -0.662. The molecule has 1 aliphatic carbocycles. The van der Waals surface area contributed by atoms with Crippen LogP contribution in [0.1, 0.15) is 12.8 Å². The van der Waals surface area contributed by atoms with Gasteiger partial charge in [-0.2, -0.15) is 0 Å². The fourth-order valence-electron chi connectivity index (χ4n) is 1.45. The van der Waals surface area contributed by atoms with Gasteiger partial charge < -0.3 is 10.5 Å². The molecule has 15 heavy (non-hydrogen) atoms. The van der Waals surface area contributed by atoms with Gasteiger partial charge in [0.1, 0.15) is 11.9 Å². The lowest BCUT2D eigenvalue weighted by molar-refractivity contribution is 0.0961. The smallest absolute Gasteiger partial charge is 0.167 e. The molecule has 0 atom stereocenters. The van der Waals surface area contributed by atoms with Crippen molar-refractivity contribution in [3.05, 3.63) is 29.8 Å². The summed E-state index contributed by atoms with van der Waals surface area (Å²) in [4.78, 5) is 0. The molecule has 0 amide bonds. The number of hydrogen-bond acceptors (Lipinski definition) is 2. The largest absolute Gasteiger partial charge is 0.487 e. The topological polar surface area (TPSA) is 35.2 Å². The minimum absolute atomic E-state index is 0. The normalized spacial score (nSPS) is 23.9. The molecule has 0 bridgehead atoms. The van der Waals surface area contributed by atoms with E-state index >= 15 is 0 Å². The maximum absolute atomic E-state index is 13.1. The SMILES string of the molecule is Cl.NC1CC(Oc2ccc(F)cc2F)C1. The van der Waals surface area contributed by atoms with Crippen LogP contribution in [-0.2, 0) is 0 Å². The number of benzene rings is 1. The summed E-state index contributed by atoms with van der Waals surface area (Å²) in [6, 6.07) is 3.45. The van der Waals surface area contributed by atoms with Crippen molar-refractivity contribution < 1.29 is 13.5 Å². The lowest BCUT2D eigenvalue weighted by atomic mass is 9.90. The van der Waals surface area contributed by atoms with E-state index in [0.717, 1.165) is 18.9 Å². The molecular formula is C10H12ClF2NO. The van der Waals surface area contributed by atoms with Gasteiger partial charge in [0.05, 0.1) is 0 Å². The van der Waals surface area contributed by atoms with Gasteiger partial charge in [0.15, 0.2) is 11.6 Å². The summed E-state index contributed by atoms with van der Waals surface area (Å²) in [6.45, 7) is 0. The molecule has 1 fully saturated rings. The highest BCUT2D eigenvalue weighted by atomic mass is 35.5. The van der Waals surface area contributed by atoms with Crippen molar-refractivity contribution in [2.45, 2.75) is 25.0 Å². The summed E-state index contributed by atoms with van der Waals surface area (Å²) in [7, 11) is 0. The molecule has 1 saturated carbocycles. The van der Waals surface area contributed by atoms with Crippen LogP contribution in [0.3, 0.4) is 0 Å². The third-order valence-corrected chi connectivity index (χ3v) is 2.32. The molecule has 0 unspecified atom stereocenters. The summed E-state index contributed by atoms with van der Waals surface area (Å²) >= 11 is 0. The molecular weight excluding hydrogens is 224 g/mol. The van der Waals surface area contributed by atoms with Crippen molar-refractivity contribution in [1.82, 2.24) is 0 Å². The van der Waals surface area contributed by atoms with E-state index in [1.807, 2.05) is 0 Å². The average molecular weight is 236 g/mol. The lowest BCUT2D eigenvalue weighted by Gasteiger charge is -2.32. The monoisotopic (exact) mass is 235 g/mol. The van der Waals surface area contributed by atoms with Gasteiger partial charge in [0, 0.05) is 12.1 Å². The highest BCUT2D eigenvalue weighted by Crippen LogP contribution is 2.26. The molecule has 0 heterocycles. The molecule has 1 aromatic rings. The molecule has 0 aliphatic heterocycles. The molecule has 0 radical (unpaired) electrons. The Bertz CT molecular complexity index is 342. The second-order valence-corrected chi connectivity index (χ2v) is 3.55. The zero-order chi connectivity index (χ0) is 10.1. The van der Waals surface area contributed by atoms with Crippen molar-refractivity contribution in [2.75, 3.05) is 0 Å². The van der Waals surface area contributed by atoms with Gasteiger partial charge in [-0.3, -0.25) is 0 Å². The molecule has 5 heteroatoms. The van der Waals surface area contributed by atoms with Crippen molar-refractivity contribution in [1.29, 1.82) is 0 Å². The third-order valence-electron chi connectivity index (χ3n) is 2.32. The van der Waals surface area contributed by atoms with Crippen LogP contribution in [0, 0.1) is 11.6 Å². The molecule has 1 aliphatic rings. The van der Waals surface area contributed by atoms with Crippen LogP contribution in [0.15, 0.2) is 18.2 Å². The van der Waals surface area contributed by atoms with E-state index < -0.39 is 11.6 Å². The van der Waals surface area contributed by atoms with Crippen molar-refractivity contribution in [3.8, 4) is 5.75 Å². The molecule has 84 valence electrons. The van der Waals surface area contributed by atoms with Gasteiger partial charge >= 0.3 is 0 Å². The molecule has 0 aromatic heterocycles. The fourth-order valence-corrected chi connectivity index (χ4v) is 1.45. The van der Waals surface area contributed by atoms with Gasteiger partial charge in [0.2, 0.25) is 0 Å². The molecule has 0 saturated heterocycles. The predicted molar refractivity (Wildman–Crippen MR) is 55.2 cm³/mol. The van der Waals surface area contributed by atoms with E-state index in [2.05, 4.69) is 0 Å². The van der Waals surface area contributed by atoms with Crippen LogP contribution < -0.4 is 10.5 Å². The summed E-state index contributed by atoms with van der Waals surface area (Å²) in [5.74, 6) is -1.16. The highest BCUT2D eigenvalue weighted by Gasteiger charge is 2.28. The maximum atomic E-state index is 13.1. The van der Waals surface area contributed by atoms with E-state index in [4.69, 9.17) is 10.5 Å². The van der Waals surface area contributed by atoms with Gasteiger partial charge in [-0.05, 0) is 25.0 Å². The quantitative estimate of drug-likeness (QED) is 0.854. The summed E-state index contributed by atoms with van der Waals surface area (Å²) < 4.78 is 30.9. The van der Waals surface area contributed by atoms with Crippen LogP contribution >= 0.6 is 12.4 Å². The van der Waals surface area contributed by atoms with Crippen LogP contribution in [0.25, 0.3) is 0 Å². The van der Waals surface area contributed by atoms with E-state index in [1.165, 1.54) is 12.1 Å². The lowest BCUT2D eigenvalue weighted by Crippen LogP contribution is -2.43. The van der Waals surface area contributed by atoms with Gasteiger partial charge in [0.25, 0.3) is 0 Å². The number of ether oxygens (including phenoxy) is 1. The summed E-state index contributed by atoms with van der Waals surface area (Å²) in [6.07, 6.45) is 1.44. The van der Waals surface area contributed by atoms with Crippen molar-refractivity contribution in [2.24, 2.45) is 5.73 Å². The Morgan fingerprint density at radius 2 is 1.93 bits per heavy atom. The zero-order valence-electron chi connectivity index (χ0n) is 7.95. The number of halogens is 3. The molecule has 2 nitrogen and oxygen atoms in total. The Morgan fingerprint density at radius 3 is 2.47 bits per heavy atom. The summed E-state index contributed by atoms with van der Waals surface area (Å²) in [5, 5.41) is 0. The zero-order valence-corrected chi connectivity index (χ0v) is 8.77. The Hall–Kier alpha value is -0.870. The first-order chi connectivity index (χ1) is 6.65. The maximum Gasteiger partial charge on any atom is 0.167 e. The molecule has 0 spiro atoms. The van der Waals surface area contributed by atoms with E-state index in [9.17, 15) is 8.78 Å². The van der Waals surface area contributed by atoms with Gasteiger partial charge in [-0.15, -0.1) is 12.4 Å². The first-order valence-electron chi connectivity index (χ1n) is 4.52. The highest BCUT2D eigenvalue weighted by molar-refractivity contribution is 5.85. The Morgan fingerprint density at radius 1 is 1.27 bits per heavy atom. The number of rotatable bonds is 2. The standard InChI is InChI=1S/C10H11F2NO.ClH/c11-6-1-2-10(9(12)3-6)14-8-4-7(13)5-8;/h1-3,7-8H,4-5,13H2;1H. The average Bonchev–Trinajstić information content (AvgIpc) is 2.06. The first-order valence-corrected chi connectivity index (χ1v) is 4.52. The third kappa shape index (κ3) is 2.79. The second kappa shape index (κ2) is 4.77. The van der Waals surface area contributed by atoms with Gasteiger partial charge in [-0.25, -0.2) is 8.78 Å². The van der Waals surface area contributed by atoms with Crippen molar-refractivity contribution >= 4 is 12.4 Å². The first kappa shape index (κ1) is 12.2. The van der Waals surface area contributed by atoms with Crippen molar-refractivity contribution in [3.63, 3.8) is 0 Å². The van der Waals surface area contributed by atoms with Crippen LogP contribution in [-0.4, -0.2) is 12.1 Å². The number of hydrogen-bond donors (Lipinski definition) is 1. The van der Waals surface area contributed by atoms with Crippen LogP contribution in [0.5, 0.6) is 5.75 Å². The summed E-state index contributed by atoms with van der Waals surface area (Å²) in [5.41, 5.74) is 5.55. The van der Waals surface area contributed by atoms with E-state index in [1.54, 1.807) is 0 Å². The number of nitrogens with two attached hydrogens (primary N) is 1.